The van der Waals surface area contributed by atoms with Crippen LogP contribution in [0.5, 0.6) is 0 Å². The first-order valence-electron chi connectivity index (χ1n) is 5.37. The highest BCUT2D eigenvalue weighted by molar-refractivity contribution is 5.73. The molecule has 0 radical (unpaired) electrons. The smallest absolute Gasteiger partial charge is 0.273 e. The molecule has 0 saturated heterocycles. The lowest BCUT2D eigenvalue weighted by Gasteiger charge is -2.03. The molecule has 1 aromatic carbocycles. The number of hydrogen-bond acceptors (Lipinski definition) is 3. The van der Waals surface area contributed by atoms with Gasteiger partial charge in [0.1, 0.15) is 5.52 Å². The molecule has 2 N–H and O–H groups in total. The number of fused-ring (bicyclic) bond motifs is 1. The minimum atomic E-state index is 0. The standard InChI is InChI=1S/C12H11N5.ClH/c13-12-7-3-4-8-16(12)9-17-11-6-2-1-5-10(11)14-15-17;/h1-8,13H,9H2;1H. The number of aromatic nitrogens is 4. The molecule has 0 amide bonds. The summed E-state index contributed by atoms with van der Waals surface area (Å²) in [5.41, 5.74) is 7.78. The van der Waals surface area contributed by atoms with Crippen LogP contribution in [0.1, 0.15) is 0 Å². The molecule has 92 valence electrons. The van der Waals surface area contributed by atoms with Crippen LogP contribution in [0.4, 0.5) is 5.82 Å². The van der Waals surface area contributed by atoms with E-state index < -0.39 is 0 Å². The largest absolute Gasteiger partial charge is 1.00 e. The summed E-state index contributed by atoms with van der Waals surface area (Å²) in [6, 6.07) is 13.6. The van der Waals surface area contributed by atoms with E-state index in [1.807, 2.05) is 57.9 Å². The van der Waals surface area contributed by atoms with E-state index in [9.17, 15) is 0 Å². The fourth-order valence-electron chi connectivity index (χ4n) is 1.78. The van der Waals surface area contributed by atoms with Gasteiger partial charge in [-0.2, -0.15) is 0 Å². The molecule has 2 aromatic heterocycles. The molecule has 18 heavy (non-hydrogen) atoms. The van der Waals surface area contributed by atoms with Gasteiger partial charge >= 0.3 is 0 Å². The first kappa shape index (κ1) is 12.3. The van der Waals surface area contributed by atoms with Gasteiger partial charge in [-0.1, -0.05) is 23.4 Å². The number of para-hydroxylation sites is 1. The van der Waals surface area contributed by atoms with Crippen LogP contribution in [0.15, 0.2) is 48.7 Å². The molecule has 0 saturated carbocycles. The van der Waals surface area contributed by atoms with E-state index in [2.05, 4.69) is 10.3 Å². The predicted octanol–water partition coefficient (Wildman–Crippen LogP) is -2.19. The molecule has 0 atom stereocenters. The Morgan fingerprint density at radius 2 is 1.89 bits per heavy atom. The van der Waals surface area contributed by atoms with Gasteiger partial charge in [0.2, 0.25) is 0 Å². The normalized spacial score (nSPS) is 10.2. The molecule has 2 heterocycles. The molecule has 0 fully saturated rings. The van der Waals surface area contributed by atoms with Crippen molar-refractivity contribution in [3.63, 3.8) is 0 Å². The average Bonchev–Trinajstić information content (AvgIpc) is 2.76. The van der Waals surface area contributed by atoms with Crippen molar-refractivity contribution in [3.05, 3.63) is 48.7 Å². The summed E-state index contributed by atoms with van der Waals surface area (Å²) in [6.45, 7) is 0.563. The summed E-state index contributed by atoms with van der Waals surface area (Å²) in [5, 5.41) is 8.23. The number of pyridine rings is 1. The molecule has 0 bridgehead atoms. The van der Waals surface area contributed by atoms with E-state index in [-0.39, 0.29) is 12.4 Å². The van der Waals surface area contributed by atoms with Crippen molar-refractivity contribution >= 4 is 16.9 Å². The third-order valence-corrected chi connectivity index (χ3v) is 2.68. The number of benzene rings is 1. The molecule has 5 nitrogen and oxygen atoms in total. The molecule has 3 rings (SSSR count). The predicted molar refractivity (Wildman–Crippen MR) is 64.0 cm³/mol. The Morgan fingerprint density at radius 1 is 1.11 bits per heavy atom. The van der Waals surface area contributed by atoms with Crippen molar-refractivity contribution in [1.82, 2.24) is 15.0 Å². The maximum absolute atomic E-state index is 5.88. The zero-order valence-corrected chi connectivity index (χ0v) is 10.3. The lowest BCUT2D eigenvalue weighted by atomic mass is 10.3. The first-order valence-corrected chi connectivity index (χ1v) is 5.37. The third-order valence-electron chi connectivity index (χ3n) is 2.68. The molecule has 0 aliphatic carbocycles. The fourth-order valence-corrected chi connectivity index (χ4v) is 1.78. The Balaban J connectivity index is 0.00000120. The summed E-state index contributed by atoms with van der Waals surface area (Å²) in [4.78, 5) is 0. The SMILES string of the molecule is Nc1cccc[n+]1Cn1nnc2ccccc21.[Cl-]. The third kappa shape index (κ3) is 2.12. The summed E-state index contributed by atoms with van der Waals surface area (Å²) in [6.07, 6.45) is 1.92. The molecule has 3 aromatic rings. The highest BCUT2D eigenvalue weighted by Crippen LogP contribution is 2.08. The van der Waals surface area contributed by atoms with Crippen LogP contribution in [0.25, 0.3) is 11.0 Å². The van der Waals surface area contributed by atoms with Gasteiger partial charge in [0.25, 0.3) is 5.82 Å². The Kier molecular flexibility index (Phi) is 3.43. The minimum Gasteiger partial charge on any atom is -1.00 e. The molecule has 0 aliphatic rings. The summed E-state index contributed by atoms with van der Waals surface area (Å²) >= 11 is 0. The Labute approximate surface area is 110 Å². The number of nitrogens with two attached hydrogens (primary N) is 1. The summed E-state index contributed by atoms with van der Waals surface area (Å²) in [5.74, 6) is 0.701. The van der Waals surface area contributed by atoms with Crippen LogP contribution in [-0.2, 0) is 6.67 Å². The van der Waals surface area contributed by atoms with Gasteiger partial charge in [0, 0.05) is 6.07 Å². The van der Waals surface area contributed by atoms with Gasteiger partial charge in [-0.05, 0) is 18.2 Å². The van der Waals surface area contributed by atoms with E-state index in [1.165, 1.54) is 0 Å². The minimum absolute atomic E-state index is 0. The lowest BCUT2D eigenvalue weighted by molar-refractivity contribution is -0.688. The van der Waals surface area contributed by atoms with Gasteiger partial charge in [-0.3, -0.25) is 5.73 Å². The molecular weight excluding hydrogens is 250 g/mol. The van der Waals surface area contributed by atoms with Gasteiger partial charge < -0.3 is 12.4 Å². The van der Waals surface area contributed by atoms with Gasteiger partial charge in [0.15, 0.2) is 6.67 Å². The van der Waals surface area contributed by atoms with Crippen molar-refractivity contribution in [3.8, 4) is 0 Å². The van der Waals surface area contributed by atoms with Crippen LogP contribution in [-0.4, -0.2) is 15.0 Å². The number of hydrogen-bond donors (Lipinski definition) is 1. The van der Waals surface area contributed by atoms with Gasteiger partial charge in [-0.15, -0.1) is 5.10 Å². The number of nitrogen functional groups attached to an aromatic ring is 1. The number of halogens is 1. The van der Waals surface area contributed by atoms with Crippen molar-refractivity contribution in [2.75, 3.05) is 5.73 Å². The molecule has 6 heteroatoms. The highest BCUT2D eigenvalue weighted by Gasteiger charge is 2.07. The fraction of sp³-hybridized carbons (Fsp3) is 0.0833. The monoisotopic (exact) mass is 261 g/mol. The summed E-state index contributed by atoms with van der Waals surface area (Å²) < 4.78 is 3.74. The van der Waals surface area contributed by atoms with E-state index in [4.69, 9.17) is 5.73 Å². The topological polar surface area (TPSA) is 60.6 Å². The van der Waals surface area contributed by atoms with Crippen LogP contribution in [0.3, 0.4) is 0 Å². The Hall–Kier alpha value is -2.14. The molecule has 0 spiro atoms. The van der Waals surface area contributed by atoms with Gasteiger partial charge in [-0.25, -0.2) is 9.25 Å². The number of rotatable bonds is 2. The number of nitrogens with zero attached hydrogens (tertiary/aromatic N) is 4. The highest BCUT2D eigenvalue weighted by atomic mass is 35.5. The van der Waals surface area contributed by atoms with E-state index >= 15 is 0 Å². The van der Waals surface area contributed by atoms with E-state index in [1.54, 1.807) is 0 Å². The zero-order chi connectivity index (χ0) is 11.7. The van der Waals surface area contributed by atoms with Gasteiger partial charge in [0.05, 0.1) is 11.7 Å². The van der Waals surface area contributed by atoms with Crippen LogP contribution >= 0.6 is 0 Å². The Morgan fingerprint density at radius 3 is 2.72 bits per heavy atom. The second-order valence-electron chi connectivity index (χ2n) is 3.81. The van der Waals surface area contributed by atoms with Crippen molar-refractivity contribution in [2.24, 2.45) is 0 Å². The van der Waals surface area contributed by atoms with Crippen molar-refractivity contribution in [1.29, 1.82) is 0 Å². The van der Waals surface area contributed by atoms with E-state index in [0.29, 0.717) is 12.5 Å². The molecule has 0 unspecified atom stereocenters. The van der Waals surface area contributed by atoms with E-state index in [0.717, 1.165) is 11.0 Å². The van der Waals surface area contributed by atoms with Crippen LogP contribution in [0, 0.1) is 0 Å². The van der Waals surface area contributed by atoms with Crippen molar-refractivity contribution in [2.45, 2.75) is 6.67 Å². The second-order valence-corrected chi connectivity index (χ2v) is 3.81. The maximum Gasteiger partial charge on any atom is 0.273 e. The lowest BCUT2D eigenvalue weighted by Crippen LogP contribution is -3.00. The number of anilines is 1. The van der Waals surface area contributed by atoms with Crippen LogP contribution < -0.4 is 22.7 Å². The van der Waals surface area contributed by atoms with Crippen LogP contribution in [0.2, 0.25) is 0 Å². The molecular formula is C12H12ClN5. The van der Waals surface area contributed by atoms with Crippen molar-refractivity contribution < 1.29 is 17.0 Å². The summed E-state index contributed by atoms with van der Waals surface area (Å²) in [7, 11) is 0. The quantitative estimate of drug-likeness (QED) is 0.533. The second kappa shape index (κ2) is 5.01. The Bertz CT molecular complexity index is 664. The first-order chi connectivity index (χ1) is 8.34. The molecule has 0 aliphatic heterocycles. The maximum atomic E-state index is 5.88. The average molecular weight is 262 g/mol. The zero-order valence-electron chi connectivity index (χ0n) is 9.57.